The average Bonchev–Trinajstić information content (AvgIpc) is 2.14. The molecule has 0 heterocycles. The summed E-state index contributed by atoms with van der Waals surface area (Å²) in [5, 5.41) is 0. The number of anilines is 1. The van der Waals surface area contributed by atoms with Crippen LogP contribution in [0.25, 0.3) is 0 Å². The van der Waals surface area contributed by atoms with Gasteiger partial charge in [0.25, 0.3) is 0 Å². The highest BCUT2D eigenvalue weighted by Crippen LogP contribution is 2.17. The summed E-state index contributed by atoms with van der Waals surface area (Å²) in [5.41, 5.74) is -0.0900. The number of hydrogen-bond acceptors (Lipinski definition) is 2. The predicted octanol–water partition coefficient (Wildman–Crippen LogP) is 3.20. The quantitative estimate of drug-likeness (QED) is 0.734. The zero-order valence-corrected chi connectivity index (χ0v) is 9.95. The summed E-state index contributed by atoms with van der Waals surface area (Å²) in [4.78, 5) is 12.9. The standard InChI is InChI=1S/C12H16FNO2/c1-12(2,3)16-11(15)14(4)10-7-5-6-9(13)8-10/h5-8H,1-4H3. The molecule has 0 atom stereocenters. The van der Waals surface area contributed by atoms with Crippen molar-refractivity contribution in [3.63, 3.8) is 0 Å². The van der Waals surface area contributed by atoms with Gasteiger partial charge in [-0.15, -0.1) is 0 Å². The number of nitrogens with zero attached hydrogens (tertiary/aromatic N) is 1. The largest absolute Gasteiger partial charge is 0.443 e. The van der Waals surface area contributed by atoms with Gasteiger partial charge in [0.05, 0.1) is 0 Å². The lowest BCUT2D eigenvalue weighted by Crippen LogP contribution is -2.34. The molecule has 0 aliphatic heterocycles. The maximum absolute atomic E-state index is 13.0. The van der Waals surface area contributed by atoms with Crippen LogP contribution in [0.2, 0.25) is 0 Å². The fourth-order valence-corrected chi connectivity index (χ4v) is 1.12. The fraction of sp³-hybridized carbons (Fsp3) is 0.417. The Morgan fingerprint density at radius 2 is 2.00 bits per heavy atom. The minimum Gasteiger partial charge on any atom is -0.443 e. The Morgan fingerprint density at radius 3 is 2.50 bits per heavy atom. The Kier molecular flexibility index (Phi) is 3.52. The van der Waals surface area contributed by atoms with Gasteiger partial charge >= 0.3 is 6.09 Å². The summed E-state index contributed by atoms with van der Waals surface area (Å²) in [6.45, 7) is 5.35. The van der Waals surface area contributed by atoms with Gasteiger partial charge in [0.2, 0.25) is 0 Å². The lowest BCUT2D eigenvalue weighted by atomic mass is 10.2. The second kappa shape index (κ2) is 4.51. The summed E-state index contributed by atoms with van der Waals surface area (Å²) in [6.07, 6.45) is -0.502. The van der Waals surface area contributed by atoms with Crippen LogP contribution in [-0.2, 0) is 4.74 Å². The average molecular weight is 225 g/mol. The summed E-state index contributed by atoms with van der Waals surface area (Å²) in [5.74, 6) is -0.382. The summed E-state index contributed by atoms with van der Waals surface area (Å²) >= 11 is 0. The molecule has 0 aliphatic carbocycles. The molecule has 1 aromatic rings. The van der Waals surface area contributed by atoms with Crippen molar-refractivity contribution in [1.29, 1.82) is 0 Å². The van der Waals surface area contributed by atoms with E-state index >= 15 is 0 Å². The topological polar surface area (TPSA) is 29.5 Å². The maximum Gasteiger partial charge on any atom is 0.414 e. The highest BCUT2D eigenvalue weighted by atomic mass is 19.1. The minimum absolute atomic E-state index is 0.382. The van der Waals surface area contributed by atoms with E-state index in [9.17, 15) is 9.18 Å². The van der Waals surface area contributed by atoms with Crippen LogP contribution < -0.4 is 4.90 Å². The Hall–Kier alpha value is -1.58. The van der Waals surface area contributed by atoms with E-state index in [0.29, 0.717) is 5.69 Å². The first-order chi connectivity index (χ1) is 7.29. The van der Waals surface area contributed by atoms with Crippen molar-refractivity contribution in [2.45, 2.75) is 26.4 Å². The molecule has 0 bridgehead atoms. The Bertz CT molecular complexity index is 385. The molecular weight excluding hydrogens is 209 g/mol. The summed E-state index contributed by atoms with van der Waals surface area (Å²) < 4.78 is 18.1. The van der Waals surface area contributed by atoms with Crippen molar-refractivity contribution in [3.8, 4) is 0 Å². The number of ether oxygens (including phenoxy) is 1. The first kappa shape index (κ1) is 12.5. The smallest absolute Gasteiger partial charge is 0.414 e. The molecule has 1 rings (SSSR count). The highest BCUT2D eigenvalue weighted by Gasteiger charge is 2.20. The SMILES string of the molecule is CN(C(=O)OC(C)(C)C)c1cccc(F)c1. The monoisotopic (exact) mass is 225 g/mol. The fourth-order valence-electron chi connectivity index (χ4n) is 1.12. The molecule has 0 radical (unpaired) electrons. The van der Waals surface area contributed by atoms with Gasteiger partial charge in [-0.2, -0.15) is 0 Å². The van der Waals surface area contributed by atoms with Crippen molar-refractivity contribution < 1.29 is 13.9 Å². The first-order valence-corrected chi connectivity index (χ1v) is 5.02. The molecule has 0 saturated carbocycles. The molecule has 1 amide bonds. The summed E-state index contributed by atoms with van der Waals surface area (Å²) in [6, 6.07) is 5.80. The van der Waals surface area contributed by atoms with Gasteiger partial charge in [-0.1, -0.05) is 6.07 Å². The molecule has 16 heavy (non-hydrogen) atoms. The van der Waals surface area contributed by atoms with Crippen LogP contribution in [0, 0.1) is 5.82 Å². The molecule has 4 heteroatoms. The molecule has 0 aliphatic rings. The zero-order valence-electron chi connectivity index (χ0n) is 9.95. The first-order valence-electron chi connectivity index (χ1n) is 5.02. The van der Waals surface area contributed by atoms with Gasteiger partial charge < -0.3 is 4.74 Å². The van der Waals surface area contributed by atoms with Crippen LogP contribution in [0.15, 0.2) is 24.3 Å². The van der Waals surface area contributed by atoms with Gasteiger partial charge in [-0.25, -0.2) is 9.18 Å². The number of hydrogen-bond donors (Lipinski definition) is 0. The molecule has 0 unspecified atom stereocenters. The number of carbonyl (C=O) groups excluding carboxylic acids is 1. The Morgan fingerprint density at radius 1 is 1.38 bits per heavy atom. The van der Waals surface area contributed by atoms with Crippen molar-refractivity contribution in [3.05, 3.63) is 30.1 Å². The number of rotatable bonds is 1. The van der Waals surface area contributed by atoms with E-state index in [1.54, 1.807) is 40.0 Å². The van der Waals surface area contributed by atoms with Crippen LogP contribution in [-0.4, -0.2) is 18.7 Å². The number of halogens is 1. The second-order valence-electron chi connectivity index (χ2n) is 4.52. The summed E-state index contributed by atoms with van der Waals surface area (Å²) in [7, 11) is 1.54. The van der Waals surface area contributed by atoms with Crippen LogP contribution in [0.5, 0.6) is 0 Å². The third-order valence-electron chi connectivity index (χ3n) is 1.86. The third kappa shape index (κ3) is 3.53. The van der Waals surface area contributed by atoms with E-state index < -0.39 is 11.7 Å². The van der Waals surface area contributed by atoms with Gasteiger partial charge in [0, 0.05) is 12.7 Å². The third-order valence-corrected chi connectivity index (χ3v) is 1.86. The van der Waals surface area contributed by atoms with Crippen molar-refractivity contribution in [1.82, 2.24) is 0 Å². The van der Waals surface area contributed by atoms with E-state index in [2.05, 4.69) is 0 Å². The van der Waals surface area contributed by atoms with Gasteiger partial charge in [-0.3, -0.25) is 4.90 Å². The molecule has 1 aromatic carbocycles. The Labute approximate surface area is 94.8 Å². The zero-order chi connectivity index (χ0) is 12.3. The van der Waals surface area contributed by atoms with Crippen LogP contribution in [0.1, 0.15) is 20.8 Å². The maximum atomic E-state index is 13.0. The normalized spacial score (nSPS) is 11.1. The van der Waals surface area contributed by atoms with Crippen LogP contribution >= 0.6 is 0 Å². The van der Waals surface area contributed by atoms with E-state index in [-0.39, 0.29) is 5.82 Å². The lowest BCUT2D eigenvalue weighted by Gasteiger charge is -2.24. The molecule has 0 saturated heterocycles. The molecule has 0 aromatic heterocycles. The number of benzene rings is 1. The van der Waals surface area contributed by atoms with Gasteiger partial charge in [-0.05, 0) is 39.0 Å². The number of carbonyl (C=O) groups is 1. The molecule has 0 N–H and O–H groups in total. The molecule has 88 valence electrons. The van der Waals surface area contributed by atoms with Crippen molar-refractivity contribution in [2.75, 3.05) is 11.9 Å². The van der Waals surface area contributed by atoms with Crippen molar-refractivity contribution >= 4 is 11.8 Å². The molecule has 0 spiro atoms. The molecular formula is C12H16FNO2. The second-order valence-corrected chi connectivity index (χ2v) is 4.52. The van der Waals surface area contributed by atoms with E-state index in [1.807, 2.05) is 0 Å². The Balaban J connectivity index is 2.78. The van der Waals surface area contributed by atoms with Crippen LogP contribution in [0.4, 0.5) is 14.9 Å². The number of amides is 1. The van der Waals surface area contributed by atoms with Crippen LogP contribution in [0.3, 0.4) is 0 Å². The van der Waals surface area contributed by atoms with Gasteiger partial charge in [0.1, 0.15) is 11.4 Å². The highest BCUT2D eigenvalue weighted by molar-refractivity contribution is 5.87. The van der Waals surface area contributed by atoms with Gasteiger partial charge in [0.15, 0.2) is 0 Å². The minimum atomic E-state index is -0.557. The van der Waals surface area contributed by atoms with Crippen molar-refractivity contribution in [2.24, 2.45) is 0 Å². The molecule has 3 nitrogen and oxygen atoms in total. The van der Waals surface area contributed by atoms with E-state index in [4.69, 9.17) is 4.74 Å². The lowest BCUT2D eigenvalue weighted by molar-refractivity contribution is 0.0589. The van der Waals surface area contributed by atoms with E-state index in [1.165, 1.54) is 17.0 Å². The van der Waals surface area contributed by atoms with E-state index in [0.717, 1.165) is 0 Å². The predicted molar refractivity (Wildman–Crippen MR) is 61.0 cm³/mol. The molecule has 0 fully saturated rings.